The van der Waals surface area contributed by atoms with E-state index in [2.05, 4.69) is 5.32 Å². The molecule has 0 aliphatic carbocycles. The van der Waals surface area contributed by atoms with Gasteiger partial charge in [-0.3, -0.25) is 15.0 Å². The molecule has 0 radical (unpaired) electrons. The van der Waals surface area contributed by atoms with Gasteiger partial charge in [0.1, 0.15) is 6.04 Å². The van der Waals surface area contributed by atoms with Crippen LogP contribution in [-0.4, -0.2) is 17.9 Å². The van der Waals surface area contributed by atoms with Crippen molar-refractivity contribution < 1.29 is 9.59 Å². The molecule has 0 aliphatic heterocycles. The number of carbonyl (C=O) groups is 2. The Morgan fingerprint density at radius 1 is 1.31 bits per heavy atom. The van der Waals surface area contributed by atoms with Gasteiger partial charge in [0, 0.05) is 10.6 Å². The van der Waals surface area contributed by atoms with Gasteiger partial charge in [-0.05, 0) is 31.2 Å². The second-order valence-electron chi connectivity index (χ2n) is 3.21. The van der Waals surface area contributed by atoms with E-state index < -0.39 is 11.9 Å². The normalized spacial score (nSPS) is 11.7. The molecule has 0 spiro atoms. The van der Waals surface area contributed by atoms with Gasteiger partial charge in [0.25, 0.3) is 11.8 Å². The summed E-state index contributed by atoms with van der Waals surface area (Å²) in [5.41, 5.74) is 2.39. The Bertz CT molecular complexity index is 392. The molecule has 6 heteroatoms. The molecule has 1 aromatic carbocycles. The van der Waals surface area contributed by atoms with Gasteiger partial charge in [-0.25, -0.2) is 5.84 Å². The van der Waals surface area contributed by atoms with E-state index in [-0.39, 0.29) is 5.91 Å². The molecular weight excluding hydrogens is 230 g/mol. The molecule has 0 bridgehead atoms. The van der Waals surface area contributed by atoms with Crippen LogP contribution in [0.25, 0.3) is 0 Å². The summed E-state index contributed by atoms with van der Waals surface area (Å²) < 4.78 is 0. The van der Waals surface area contributed by atoms with E-state index in [1.807, 2.05) is 5.43 Å². The van der Waals surface area contributed by atoms with Crippen LogP contribution >= 0.6 is 11.6 Å². The number of benzene rings is 1. The standard InChI is InChI=1S/C10H12ClN3O2/c1-6(9(15)14-12)13-10(16)7-2-4-8(11)5-3-7/h2-6H,12H2,1H3,(H,13,16)(H,14,15). The number of carbonyl (C=O) groups excluding carboxylic acids is 2. The van der Waals surface area contributed by atoms with Crippen molar-refractivity contribution in [3.8, 4) is 0 Å². The number of nitrogens with two attached hydrogens (primary N) is 1. The first-order chi connectivity index (χ1) is 7.54. The molecule has 0 heterocycles. The first kappa shape index (κ1) is 12.5. The molecule has 1 aromatic rings. The highest BCUT2D eigenvalue weighted by Crippen LogP contribution is 2.09. The van der Waals surface area contributed by atoms with E-state index >= 15 is 0 Å². The lowest BCUT2D eigenvalue weighted by atomic mass is 10.2. The van der Waals surface area contributed by atoms with Crippen molar-refractivity contribution in [2.24, 2.45) is 5.84 Å². The van der Waals surface area contributed by atoms with Crippen molar-refractivity contribution in [1.82, 2.24) is 10.7 Å². The Balaban J connectivity index is 2.65. The van der Waals surface area contributed by atoms with Crippen LogP contribution in [0.5, 0.6) is 0 Å². The van der Waals surface area contributed by atoms with E-state index in [9.17, 15) is 9.59 Å². The van der Waals surface area contributed by atoms with Crippen LogP contribution in [0.3, 0.4) is 0 Å². The topological polar surface area (TPSA) is 84.2 Å². The number of halogens is 1. The van der Waals surface area contributed by atoms with E-state index in [0.717, 1.165) is 0 Å². The molecule has 0 aliphatic rings. The lowest BCUT2D eigenvalue weighted by Gasteiger charge is -2.11. The zero-order chi connectivity index (χ0) is 12.1. The predicted molar refractivity (Wildman–Crippen MR) is 60.7 cm³/mol. The van der Waals surface area contributed by atoms with Gasteiger partial charge in [-0.1, -0.05) is 11.6 Å². The average molecular weight is 242 g/mol. The molecule has 1 rings (SSSR count). The summed E-state index contributed by atoms with van der Waals surface area (Å²) in [4.78, 5) is 22.7. The second-order valence-corrected chi connectivity index (χ2v) is 3.65. The number of nitrogens with one attached hydrogen (secondary N) is 2. The number of rotatable bonds is 3. The van der Waals surface area contributed by atoms with E-state index in [1.165, 1.54) is 6.92 Å². The first-order valence-corrected chi connectivity index (χ1v) is 4.99. The van der Waals surface area contributed by atoms with Gasteiger partial charge in [-0.15, -0.1) is 0 Å². The summed E-state index contributed by atoms with van der Waals surface area (Å²) in [6.45, 7) is 1.54. The molecule has 0 aromatic heterocycles. The molecule has 86 valence electrons. The van der Waals surface area contributed by atoms with Crippen molar-refractivity contribution in [2.45, 2.75) is 13.0 Å². The van der Waals surface area contributed by atoms with Gasteiger partial charge >= 0.3 is 0 Å². The van der Waals surface area contributed by atoms with E-state index in [1.54, 1.807) is 24.3 Å². The van der Waals surface area contributed by atoms with Gasteiger partial charge in [-0.2, -0.15) is 0 Å². The Kier molecular flexibility index (Phi) is 4.28. The van der Waals surface area contributed by atoms with Crippen LogP contribution in [0, 0.1) is 0 Å². The van der Waals surface area contributed by atoms with Crippen LogP contribution in [0.4, 0.5) is 0 Å². The second kappa shape index (κ2) is 5.48. The minimum atomic E-state index is -0.687. The summed E-state index contributed by atoms with van der Waals surface area (Å²) in [5, 5.41) is 3.04. The SMILES string of the molecule is CC(NC(=O)c1ccc(Cl)cc1)C(=O)NN. The van der Waals surface area contributed by atoms with Crippen molar-refractivity contribution in [2.75, 3.05) is 0 Å². The summed E-state index contributed by atoms with van der Waals surface area (Å²) in [6.07, 6.45) is 0. The third kappa shape index (κ3) is 3.22. The fourth-order valence-electron chi connectivity index (χ4n) is 1.07. The molecule has 1 atom stereocenters. The Hall–Kier alpha value is -1.59. The maximum absolute atomic E-state index is 11.6. The fourth-order valence-corrected chi connectivity index (χ4v) is 1.20. The van der Waals surface area contributed by atoms with Gasteiger partial charge in [0.05, 0.1) is 0 Å². The maximum atomic E-state index is 11.6. The van der Waals surface area contributed by atoms with Crippen LogP contribution in [0.2, 0.25) is 5.02 Å². The highest BCUT2D eigenvalue weighted by molar-refractivity contribution is 6.30. The molecule has 0 saturated heterocycles. The molecule has 0 saturated carbocycles. The van der Waals surface area contributed by atoms with Crippen molar-refractivity contribution in [3.05, 3.63) is 34.9 Å². The fraction of sp³-hybridized carbons (Fsp3) is 0.200. The Labute approximate surface area is 97.9 Å². The molecule has 0 fully saturated rings. The number of hydrogen-bond acceptors (Lipinski definition) is 3. The minimum absolute atomic E-state index is 0.354. The van der Waals surface area contributed by atoms with E-state index in [0.29, 0.717) is 10.6 Å². The summed E-state index contributed by atoms with van der Waals surface area (Å²) >= 11 is 5.68. The van der Waals surface area contributed by atoms with Crippen LogP contribution in [0.1, 0.15) is 17.3 Å². The van der Waals surface area contributed by atoms with E-state index in [4.69, 9.17) is 17.4 Å². The lowest BCUT2D eigenvalue weighted by molar-refractivity contribution is -0.122. The molecule has 16 heavy (non-hydrogen) atoms. The molecule has 2 amide bonds. The molecule has 1 unspecified atom stereocenters. The van der Waals surface area contributed by atoms with Gasteiger partial charge < -0.3 is 5.32 Å². The zero-order valence-electron chi connectivity index (χ0n) is 8.66. The zero-order valence-corrected chi connectivity index (χ0v) is 9.41. The summed E-state index contributed by atoms with van der Waals surface area (Å²) in [5.74, 6) is 4.13. The number of amides is 2. The number of hydrogen-bond donors (Lipinski definition) is 3. The van der Waals surface area contributed by atoms with Crippen molar-refractivity contribution in [3.63, 3.8) is 0 Å². The number of hydrazine groups is 1. The Morgan fingerprint density at radius 2 is 1.88 bits per heavy atom. The predicted octanol–water partition coefficient (Wildman–Crippen LogP) is 0.448. The first-order valence-electron chi connectivity index (χ1n) is 4.61. The van der Waals surface area contributed by atoms with Crippen molar-refractivity contribution in [1.29, 1.82) is 0 Å². The largest absolute Gasteiger partial charge is 0.340 e. The lowest BCUT2D eigenvalue weighted by Crippen LogP contribution is -2.47. The summed E-state index contributed by atoms with van der Waals surface area (Å²) in [6, 6.07) is 5.66. The highest BCUT2D eigenvalue weighted by Gasteiger charge is 2.15. The summed E-state index contributed by atoms with van der Waals surface area (Å²) in [7, 11) is 0. The highest BCUT2D eigenvalue weighted by atomic mass is 35.5. The van der Waals surface area contributed by atoms with Gasteiger partial charge in [0.15, 0.2) is 0 Å². The van der Waals surface area contributed by atoms with Crippen LogP contribution < -0.4 is 16.6 Å². The third-order valence-corrected chi connectivity index (χ3v) is 2.24. The van der Waals surface area contributed by atoms with Crippen LogP contribution in [-0.2, 0) is 4.79 Å². The quantitative estimate of drug-likeness (QED) is 0.408. The minimum Gasteiger partial charge on any atom is -0.340 e. The van der Waals surface area contributed by atoms with Crippen LogP contribution in [0.15, 0.2) is 24.3 Å². The maximum Gasteiger partial charge on any atom is 0.256 e. The smallest absolute Gasteiger partial charge is 0.256 e. The molecule has 5 nitrogen and oxygen atoms in total. The molecule has 4 N–H and O–H groups in total. The monoisotopic (exact) mass is 241 g/mol. The third-order valence-electron chi connectivity index (χ3n) is 1.99. The Morgan fingerprint density at radius 3 is 2.38 bits per heavy atom. The average Bonchev–Trinajstić information content (AvgIpc) is 2.28. The molecular formula is C10H12ClN3O2. The van der Waals surface area contributed by atoms with Gasteiger partial charge in [0.2, 0.25) is 0 Å². The van der Waals surface area contributed by atoms with Crippen molar-refractivity contribution >= 4 is 23.4 Å².